The largest absolute Gasteiger partial charge is 0.333 e. The number of nitrogens with zero attached hydrogens (tertiary/aromatic N) is 2. The maximum atomic E-state index is 13.2. The SMILES string of the molecule is CCCCCC(=O)N(CCC)CC(=O)N(Cc1ccccc1)Cc1ccc(C)s1. The number of hydrogen-bond donors (Lipinski definition) is 0. The van der Waals surface area contributed by atoms with Gasteiger partial charge < -0.3 is 9.80 Å². The van der Waals surface area contributed by atoms with E-state index in [9.17, 15) is 9.59 Å². The van der Waals surface area contributed by atoms with Gasteiger partial charge in [0, 0.05) is 29.3 Å². The van der Waals surface area contributed by atoms with Crippen LogP contribution in [0.2, 0.25) is 0 Å². The first kappa shape index (κ1) is 23.1. The van der Waals surface area contributed by atoms with Crippen LogP contribution in [0.3, 0.4) is 0 Å². The van der Waals surface area contributed by atoms with Crippen LogP contribution in [0.25, 0.3) is 0 Å². The lowest BCUT2D eigenvalue weighted by Crippen LogP contribution is -2.42. The number of carbonyl (C=O) groups is 2. The predicted octanol–water partition coefficient (Wildman–Crippen LogP) is 5.40. The van der Waals surface area contributed by atoms with Gasteiger partial charge in [-0.2, -0.15) is 0 Å². The van der Waals surface area contributed by atoms with Gasteiger partial charge in [0.25, 0.3) is 0 Å². The van der Waals surface area contributed by atoms with Gasteiger partial charge in [0.2, 0.25) is 11.8 Å². The smallest absolute Gasteiger partial charge is 0.242 e. The Bertz CT molecular complexity index is 757. The predicted molar refractivity (Wildman–Crippen MR) is 121 cm³/mol. The van der Waals surface area contributed by atoms with Crippen LogP contribution in [-0.2, 0) is 22.7 Å². The molecule has 0 unspecified atom stereocenters. The maximum absolute atomic E-state index is 13.2. The van der Waals surface area contributed by atoms with Gasteiger partial charge in [-0.05, 0) is 37.5 Å². The Morgan fingerprint density at radius 2 is 1.62 bits per heavy atom. The third-order valence-corrected chi connectivity index (χ3v) is 5.86. The normalized spacial score (nSPS) is 10.7. The molecule has 0 radical (unpaired) electrons. The molecule has 0 fully saturated rings. The highest BCUT2D eigenvalue weighted by atomic mass is 32.1. The Balaban J connectivity index is 2.09. The van der Waals surface area contributed by atoms with Gasteiger partial charge in [-0.3, -0.25) is 9.59 Å². The molecule has 2 rings (SSSR count). The summed E-state index contributed by atoms with van der Waals surface area (Å²) in [5.74, 6) is 0.109. The van der Waals surface area contributed by atoms with Gasteiger partial charge >= 0.3 is 0 Å². The van der Waals surface area contributed by atoms with Gasteiger partial charge in [0.05, 0.1) is 13.1 Å². The second-order valence-corrected chi connectivity index (χ2v) is 8.89. The summed E-state index contributed by atoms with van der Waals surface area (Å²) in [6, 6.07) is 14.2. The zero-order chi connectivity index (χ0) is 21.1. The monoisotopic (exact) mass is 414 g/mol. The number of hydrogen-bond acceptors (Lipinski definition) is 3. The molecule has 0 spiro atoms. The molecule has 0 bridgehead atoms. The molecule has 1 heterocycles. The van der Waals surface area contributed by atoms with E-state index in [1.807, 2.05) is 42.2 Å². The molecule has 0 aliphatic carbocycles. The Labute approximate surface area is 179 Å². The maximum Gasteiger partial charge on any atom is 0.242 e. The lowest BCUT2D eigenvalue weighted by Gasteiger charge is -2.27. The summed E-state index contributed by atoms with van der Waals surface area (Å²) in [7, 11) is 0. The standard InChI is InChI=1S/C24H34N2O2S/c1-4-6-8-13-23(27)25(16-5-2)19-24(28)26(17-21-11-9-7-10-12-21)18-22-15-14-20(3)29-22/h7,9-12,14-15H,4-6,8,13,16-19H2,1-3H3. The van der Waals surface area contributed by atoms with Crippen molar-refractivity contribution in [3.63, 3.8) is 0 Å². The van der Waals surface area contributed by atoms with Crippen molar-refractivity contribution >= 4 is 23.2 Å². The lowest BCUT2D eigenvalue weighted by molar-refractivity contribution is -0.141. The van der Waals surface area contributed by atoms with E-state index in [4.69, 9.17) is 0 Å². The Hall–Kier alpha value is -2.14. The molecule has 1 aromatic carbocycles. The van der Waals surface area contributed by atoms with E-state index in [1.165, 1.54) is 9.75 Å². The summed E-state index contributed by atoms with van der Waals surface area (Å²) in [5, 5.41) is 0. The van der Waals surface area contributed by atoms with Gasteiger partial charge in [0.1, 0.15) is 0 Å². The number of unbranched alkanes of at least 4 members (excludes halogenated alkanes) is 2. The van der Waals surface area contributed by atoms with Crippen molar-refractivity contribution in [2.24, 2.45) is 0 Å². The molecule has 5 heteroatoms. The van der Waals surface area contributed by atoms with E-state index < -0.39 is 0 Å². The fourth-order valence-corrected chi connectivity index (χ4v) is 4.21. The van der Waals surface area contributed by atoms with Gasteiger partial charge in [-0.25, -0.2) is 0 Å². The third kappa shape index (κ3) is 8.01. The van der Waals surface area contributed by atoms with Crippen molar-refractivity contribution in [3.05, 3.63) is 57.8 Å². The minimum absolute atomic E-state index is 0.0113. The Morgan fingerprint density at radius 1 is 0.862 bits per heavy atom. The number of thiophene rings is 1. The summed E-state index contributed by atoms with van der Waals surface area (Å²) in [6.45, 7) is 8.19. The highest BCUT2D eigenvalue weighted by molar-refractivity contribution is 7.11. The highest BCUT2D eigenvalue weighted by Crippen LogP contribution is 2.19. The second kappa shape index (κ2) is 12.4. The van der Waals surface area contributed by atoms with E-state index in [-0.39, 0.29) is 18.4 Å². The number of rotatable bonds is 12. The van der Waals surface area contributed by atoms with Crippen LogP contribution in [0.4, 0.5) is 0 Å². The van der Waals surface area contributed by atoms with Crippen molar-refractivity contribution in [2.75, 3.05) is 13.1 Å². The van der Waals surface area contributed by atoms with Crippen LogP contribution in [0.15, 0.2) is 42.5 Å². The van der Waals surface area contributed by atoms with Crippen molar-refractivity contribution in [1.82, 2.24) is 9.80 Å². The van der Waals surface area contributed by atoms with Gasteiger partial charge in [0.15, 0.2) is 0 Å². The molecule has 4 nitrogen and oxygen atoms in total. The molecule has 0 saturated carbocycles. The van der Waals surface area contributed by atoms with Crippen LogP contribution in [-0.4, -0.2) is 34.7 Å². The Kier molecular flexibility index (Phi) is 9.92. The van der Waals surface area contributed by atoms with Crippen LogP contribution in [0, 0.1) is 6.92 Å². The third-order valence-electron chi connectivity index (χ3n) is 4.88. The zero-order valence-electron chi connectivity index (χ0n) is 18.0. The van der Waals surface area contributed by atoms with Gasteiger partial charge in [-0.15, -0.1) is 11.3 Å². The molecule has 29 heavy (non-hydrogen) atoms. The number of benzene rings is 1. The van der Waals surface area contributed by atoms with E-state index >= 15 is 0 Å². The Morgan fingerprint density at radius 3 is 2.24 bits per heavy atom. The molecular weight excluding hydrogens is 380 g/mol. The van der Waals surface area contributed by atoms with Crippen molar-refractivity contribution in [3.8, 4) is 0 Å². The molecule has 0 aliphatic heterocycles. The molecular formula is C24H34N2O2S. The first-order valence-corrected chi connectivity index (χ1v) is 11.5. The fourth-order valence-electron chi connectivity index (χ4n) is 3.30. The van der Waals surface area contributed by atoms with Gasteiger partial charge in [-0.1, -0.05) is 57.0 Å². The van der Waals surface area contributed by atoms with Crippen molar-refractivity contribution in [1.29, 1.82) is 0 Å². The molecule has 0 saturated heterocycles. The number of amides is 2. The number of aryl methyl sites for hydroxylation is 1. The van der Waals surface area contributed by atoms with Crippen LogP contribution >= 0.6 is 11.3 Å². The topological polar surface area (TPSA) is 40.6 Å². The minimum atomic E-state index is 0.0113. The highest BCUT2D eigenvalue weighted by Gasteiger charge is 2.21. The van der Waals surface area contributed by atoms with Crippen LogP contribution < -0.4 is 0 Å². The zero-order valence-corrected chi connectivity index (χ0v) is 18.8. The molecule has 2 aromatic rings. The average Bonchev–Trinajstić information content (AvgIpc) is 3.12. The summed E-state index contributed by atoms with van der Waals surface area (Å²) in [5.41, 5.74) is 1.10. The first-order valence-electron chi connectivity index (χ1n) is 10.7. The van der Waals surface area contributed by atoms with E-state index in [1.54, 1.807) is 16.2 Å². The summed E-state index contributed by atoms with van der Waals surface area (Å²) in [6.07, 6.45) is 4.42. The molecule has 0 atom stereocenters. The molecule has 1 aromatic heterocycles. The summed E-state index contributed by atoms with van der Waals surface area (Å²) >= 11 is 1.72. The van der Waals surface area contributed by atoms with E-state index in [2.05, 4.69) is 26.0 Å². The summed E-state index contributed by atoms with van der Waals surface area (Å²) in [4.78, 5) is 31.9. The second-order valence-electron chi connectivity index (χ2n) is 7.52. The first-order chi connectivity index (χ1) is 14.0. The molecule has 158 valence electrons. The van der Waals surface area contributed by atoms with E-state index in [0.29, 0.717) is 26.1 Å². The van der Waals surface area contributed by atoms with Crippen LogP contribution in [0.1, 0.15) is 61.3 Å². The quantitative estimate of drug-likeness (QED) is 0.436. The molecule has 2 amide bonds. The molecule has 0 N–H and O–H groups in total. The van der Waals surface area contributed by atoms with Crippen molar-refractivity contribution in [2.45, 2.75) is 66.0 Å². The summed E-state index contributed by atoms with van der Waals surface area (Å²) < 4.78 is 0. The number of carbonyl (C=O) groups excluding carboxylic acids is 2. The average molecular weight is 415 g/mol. The van der Waals surface area contributed by atoms with Crippen molar-refractivity contribution < 1.29 is 9.59 Å². The van der Waals surface area contributed by atoms with Crippen LogP contribution in [0.5, 0.6) is 0 Å². The molecule has 0 aliphatic rings. The fraction of sp³-hybridized carbons (Fsp3) is 0.500. The lowest BCUT2D eigenvalue weighted by atomic mass is 10.2. The van der Waals surface area contributed by atoms with E-state index in [0.717, 1.165) is 31.2 Å². The minimum Gasteiger partial charge on any atom is -0.333 e.